The van der Waals surface area contributed by atoms with Crippen LogP contribution in [-0.2, 0) is 11.2 Å². The van der Waals surface area contributed by atoms with Crippen LogP contribution in [0.1, 0.15) is 62.0 Å². The Morgan fingerprint density at radius 2 is 1.75 bits per heavy atom. The van der Waals surface area contributed by atoms with Crippen molar-refractivity contribution < 1.29 is 14.7 Å². The second-order valence-corrected chi connectivity index (χ2v) is 9.86. The molecule has 2 aliphatic heterocycles. The predicted molar refractivity (Wildman–Crippen MR) is 121 cm³/mol. The number of pyridine rings is 1. The molecule has 2 amide bonds. The predicted octanol–water partition coefficient (Wildman–Crippen LogP) is 3.79. The molecule has 32 heavy (non-hydrogen) atoms. The Kier molecular flexibility index (Phi) is 5.19. The lowest BCUT2D eigenvalue weighted by atomic mass is 9.69. The smallest absolute Gasteiger partial charge is 0.276 e. The van der Waals surface area contributed by atoms with Crippen LogP contribution in [0.4, 0.5) is 0 Å². The molecule has 1 aliphatic carbocycles. The van der Waals surface area contributed by atoms with Gasteiger partial charge < -0.3 is 14.9 Å². The summed E-state index contributed by atoms with van der Waals surface area (Å²) < 4.78 is 0. The summed E-state index contributed by atoms with van der Waals surface area (Å²) in [4.78, 5) is 35.2. The Balaban J connectivity index is 1.62. The minimum atomic E-state index is -0.217. The molecule has 1 N–H and O–H groups in total. The maximum Gasteiger partial charge on any atom is 0.276 e. The molecule has 0 unspecified atom stereocenters. The highest BCUT2D eigenvalue weighted by atomic mass is 16.3. The molecule has 2 aromatic rings. The molecule has 1 aromatic heterocycles. The number of aromatic nitrogens is 1. The number of fused-ring (bicyclic) bond motifs is 1. The fraction of sp³-hybridized carbons (Fsp3) is 0.500. The second kappa shape index (κ2) is 7.91. The summed E-state index contributed by atoms with van der Waals surface area (Å²) in [6.07, 6.45) is 7.13. The van der Waals surface area contributed by atoms with E-state index in [2.05, 4.69) is 28.9 Å². The van der Waals surface area contributed by atoms with Gasteiger partial charge in [0.25, 0.3) is 5.91 Å². The summed E-state index contributed by atoms with van der Waals surface area (Å²) in [6.45, 7) is 3.93. The van der Waals surface area contributed by atoms with E-state index in [1.54, 1.807) is 19.2 Å². The molecule has 5 atom stereocenters. The van der Waals surface area contributed by atoms with Gasteiger partial charge >= 0.3 is 0 Å². The molecule has 2 bridgehead atoms. The van der Waals surface area contributed by atoms with Crippen molar-refractivity contribution in [2.45, 2.75) is 76.5 Å². The van der Waals surface area contributed by atoms with Crippen LogP contribution in [0.5, 0.6) is 5.75 Å². The van der Waals surface area contributed by atoms with Gasteiger partial charge in [-0.25, -0.2) is 4.98 Å². The number of piperidine rings is 1. The molecule has 6 nitrogen and oxygen atoms in total. The average molecular weight is 434 g/mol. The largest absolute Gasteiger partial charge is 0.505 e. The standard InChI is InChI=1S/C26H31N3O3/c1-17(30)28-19(15-18-9-4-3-5-10-18)20-16-26(2)22(28)12-6-7-13-23(26)29(20)25(32)24-21(31)11-8-14-27-24/h3-5,8-11,14,19-20,22-23,31H,6-7,12-13,15-16H2,1-2H3/t19-,20-,22+,23-,26+/m0/s1. The SMILES string of the molecule is CC(=O)N1[C@@H](Cc2ccccc2)[C@@H]2C[C@@]3(C)[C@H](CCCC[C@@H]13)N2C(=O)c1ncccc1O. The van der Waals surface area contributed by atoms with Crippen molar-refractivity contribution in [3.05, 3.63) is 59.9 Å². The third-order valence-corrected chi connectivity index (χ3v) is 8.08. The number of hydrogen-bond donors (Lipinski definition) is 1. The van der Waals surface area contributed by atoms with Gasteiger partial charge in [-0.3, -0.25) is 9.59 Å². The summed E-state index contributed by atoms with van der Waals surface area (Å²) in [7, 11) is 0. The Morgan fingerprint density at radius 3 is 2.41 bits per heavy atom. The molecule has 1 aromatic carbocycles. The van der Waals surface area contributed by atoms with Crippen molar-refractivity contribution in [3.8, 4) is 5.75 Å². The van der Waals surface area contributed by atoms with E-state index < -0.39 is 0 Å². The summed E-state index contributed by atoms with van der Waals surface area (Å²) in [5.41, 5.74) is 1.12. The van der Waals surface area contributed by atoms with E-state index in [1.807, 2.05) is 23.1 Å². The molecule has 3 fully saturated rings. The molecule has 0 spiro atoms. The van der Waals surface area contributed by atoms with E-state index in [4.69, 9.17) is 0 Å². The first-order valence-electron chi connectivity index (χ1n) is 11.7. The molecule has 0 radical (unpaired) electrons. The second-order valence-electron chi connectivity index (χ2n) is 9.86. The van der Waals surface area contributed by atoms with Crippen LogP contribution in [0.25, 0.3) is 0 Å². The van der Waals surface area contributed by atoms with Crippen molar-refractivity contribution in [1.29, 1.82) is 0 Å². The number of hydrogen-bond acceptors (Lipinski definition) is 4. The zero-order valence-electron chi connectivity index (χ0n) is 18.8. The average Bonchev–Trinajstić information content (AvgIpc) is 2.93. The Bertz CT molecular complexity index is 1030. The minimum absolute atomic E-state index is 0.0385. The monoisotopic (exact) mass is 433 g/mol. The van der Waals surface area contributed by atoms with Crippen molar-refractivity contribution in [2.75, 3.05) is 0 Å². The first-order chi connectivity index (χ1) is 15.4. The third kappa shape index (κ3) is 3.19. The minimum Gasteiger partial charge on any atom is -0.505 e. The number of carbonyl (C=O) groups is 2. The molecule has 3 aliphatic rings. The number of benzene rings is 1. The normalized spacial score (nSPS) is 31.3. The molecule has 3 heterocycles. The summed E-state index contributed by atoms with van der Waals surface area (Å²) in [5.74, 6) is -0.217. The van der Waals surface area contributed by atoms with E-state index >= 15 is 0 Å². The highest BCUT2D eigenvalue weighted by Gasteiger charge is 2.63. The van der Waals surface area contributed by atoms with Gasteiger partial charge in [0.1, 0.15) is 5.75 Å². The van der Waals surface area contributed by atoms with Crippen LogP contribution in [0, 0.1) is 5.41 Å². The summed E-state index contributed by atoms with van der Waals surface area (Å²) in [5, 5.41) is 10.4. The highest BCUT2D eigenvalue weighted by Crippen LogP contribution is 2.56. The number of nitrogens with zero attached hydrogens (tertiary/aromatic N) is 3. The zero-order valence-corrected chi connectivity index (χ0v) is 18.8. The Morgan fingerprint density at radius 1 is 1.06 bits per heavy atom. The Hall–Kier alpha value is -2.89. The molecule has 6 heteroatoms. The van der Waals surface area contributed by atoms with Gasteiger partial charge in [0, 0.05) is 30.6 Å². The van der Waals surface area contributed by atoms with E-state index in [-0.39, 0.29) is 52.8 Å². The van der Waals surface area contributed by atoms with E-state index in [0.717, 1.165) is 32.1 Å². The third-order valence-electron chi connectivity index (χ3n) is 8.08. The van der Waals surface area contributed by atoms with E-state index in [0.29, 0.717) is 6.42 Å². The van der Waals surface area contributed by atoms with Crippen molar-refractivity contribution in [2.24, 2.45) is 5.41 Å². The molecule has 168 valence electrons. The highest BCUT2D eigenvalue weighted by molar-refractivity contribution is 5.95. The van der Waals surface area contributed by atoms with Crippen LogP contribution in [0.2, 0.25) is 0 Å². The topological polar surface area (TPSA) is 73.7 Å². The molecular formula is C26H31N3O3. The van der Waals surface area contributed by atoms with Crippen LogP contribution in [-0.4, -0.2) is 55.9 Å². The van der Waals surface area contributed by atoms with Gasteiger partial charge in [0.05, 0.1) is 12.1 Å². The molecule has 2 saturated heterocycles. The lowest BCUT2D eigenvalue weighted by molar-refractivity contribution is -0.141. The molecule has 5 rings (SSSR count). The number of likely N-dealkylation sites (tertiary alicyclic amines) is 2. The number of carbonyl (C=O) groups excluding carboxylic acids is 2. The number of aromatic hydroxyl groups is 1. The summed E-state index contributed by atoms with van der Waals surface area (Å²) >= 11 is 0. The van der Waals surface area contributed by atoms with Crippen LogP contribution < -0.4 is 0 Å². The lowest BCUT2D eigenvalue weighted by Gasteiger charge is -2.50. The first-order valence-corrected chi connectivity index (χ1v) is 11.7. The fourth-order valence-electron chi connectivity index (χ4n) is 6.78. The van der Waals surface area contributed by atoms with Crippen molar-refractivity contribution >= 4 is 11.8 Å². The maximum atomic E-state index is 13.8. The van der Waals surface area contributed by atoms with E-state index in [1.165, 1.54) is 11.6 Å². The lowest BCUT2D eigenvalue weighted by Crippen LogP contribution is -2.61. The van der Waals surface area contributed by atoms with Gasteiger partial charge in [0.15, 0.2) is 5.69 Å². The fourth-order valence-corrected chi connectivity index (χ4v) is 6.78. The van der Waals surface area contributed by atoms with Crippen molar-refractivity contribution in [3.63, 3.8) is 0 Å². The van der Waals surface area contributed by atoms with Gasteiger partial charge in [-0.1, -0.05) is 50.1 Å². The summed E-state index contributed by atoms with van der Waals surface area (Å²) in [6, 6.07) is 13.3. The maximum absolute atomic E-state index is 13.8. The molecular weight excluding hydrogens is 402 g/mol. The van der Waals surface area contributed by atoms with Gasteiger partial charge in [0.2, 0.25) is 5.91 Å². The van der Waals surface area contributed by atoms with Gasteiger partial charge in [-0.05, 0) is 43.4 Å². The zero-order chi connectivity index (χ0) is 22.5. The number of amides is 2. The molecule has 1 saturated carbocycles. The van der Waals surface area contributed by atoms with Crippen LogP contribution in [0.15, 0.2) is 48.7 Å². The number of rotatable bonds is 3. The van der Waals surface area contributed by atoms with Crippen molar-refractivity contribution in [1.82, 2.24) is 14.8 Å². The Labute approximate surface area is 189 Å². The van der Waals surface area contributed by atoms with E-state index in [9.17, 15) is 14.7 Å². The van der Waals surface area contributed by atoms with Crippen LogP contribution >= 0.6 is 0 Å². The van der Waals surface area contributed by atoms with Gasteiger partial charge in [-0.2, -0.15) is 0 Å². The quantitative estimate of drug-likeness (QED) is 0.799. The van der Waals surface area contributed by atoms with Gasteiger partial charge in [-0.15, -0.1) is 0 Å². The van der Waals surface area contributed by atoms with Crippen LogP contribution in [0.3, 0.4) is 0 Å². The first kappa shape index (κ1) is 21.0.